The zero-order valence-corrected chi connectivity index (χ0v) is 37.9. The smallest absolute Gasteiger partial charge is 0.462 e. The molecule has 60 heavy (non-hydrogen) atoms. The van der Waals surface area contributed by atoms with Crippen LogP contribution in [0.25, 0.3) is 0 Å². The van der Waals surface area contributed by atoms with Gasteiger partial charge in [0.05, 0.1) is 38.1 Å². The fraction of sp³-hybridized carbons (Fsp3) is 0.857. The number of carbonyl (C=O) groups is 2. The highest BCUT2D eigenvalue weighted by atomic mass is 31.2. The Kier molecular flexibility index (Phi) is 32.0. The van der Waals surface area contributed by atoms with E-state index in [1.807, 2.05) is 6.08 Å². The summed E-state index contributed by atoms with van der Waals surface area (Å²) >= 11 is 0. The summed E-state index contributed by atoms with van der Waals surface area (Å²) in [4.78, 5) is 52.9. The van der Waals surface area contributed by atoms with Gasteiger partial charge in [0.25, 0.3) is 0 Å². The second-order valence-electron chi connectivity index (χ2n) is 15.9. The second kappa shape index (κ2) is 34.0. The van der Waals surface area contributed by atoms with Gasteiger partial charge < -0.3 is 44.6 Å². The van der Waals surface area contributed by atoms with E-state index in [4.69, 9.17) is 23.8 Å². The van der Waals surface area contributed by atoms with Crippen LogP contribution in [0.4, 0.5) is 0 Å². The molecule has 352 valence electrons. The molecule has 18 heteroatoms. The van der Waals surface area contributed by atoms with Crippen molar-refractivity contribution in [1.29, 1.82) is 0 Å². The summed E-state index contributed by atoms with van der Waals surface area (Å²) in [5, 5.41) is 41.1. The highest BCUT2D eigenvalue weighted by molar-refractivity contribution is 7.47. The van der Waals surface area contributed by atoms with Gasteiger partial charge in [0.1, 0.15) is 12.7 Å². The number of rotatable bonds is 38. The van der Waals surface area contributed by atoms with Crippen LogP contribution in [0.5, 0.6) is 0 Å². The molecule has 0 radical (unpaired) electrons. The molecule has 0 heterocycles. The van der Waals surface area contributed by atoms with Crippen LogP contribution in [0.15, 0.2) is 24.3 Å². The quantitative estimate of drug-likeness (QED) is 0.0137. The average Bonchev–Trinajstić information content (AvgIpc) is 3.46. The highest BCUT2D eigenvalue weighted by Gasteiger charge is 2.39. The number of phosphoric acid groups is 2. The predicted molar refractivity (Wildman–Crippen MR) is 227 cm³/mol. The Hall–Kier alpha value is -1.52. The molecule has 0 spiro atoms. The number of aliphatic hydroxyl groups excluding tert-OH is 4. The standard InChI is InChI=1S/C42H78O16P2/c1-3-5-7-8-9-10-11-12-13-14-15-16-22-26-42(48)58-36(33-57-60(52,53)56-31-35(44)30-55-59(49,50)51)32-54-41(47)25-21-18-17-20-24-37-38(40(46)29-39(37)45)28-27-34(43)23-19-6-4-2/h10-11,27-28,34-40,43-46H,3-9,12-26,29-33H2,1-2H3,(H,52,53)(H2,49,50,51)/b11-10-,28-27+/t34-,35-,36+,37+,38+,39-,40+/m0/s1. The summed E-state index contributed by atoms with van der Waals surface area (Å²) in [6.07, 6.45) is 22.4. The van der Waals surface area contributed by atoms with Crippen LogP contribution in [0.1, 0.15) is 162 Å². The first-order valence-corrected chi connectivity index (χ1v) is 25.3. The summed E-state index contributed by atoms with van der Waals surface area (Å²) in [7, 11) is -9.75. The second-order valence-corrected chi connectivity index (χ2v) is 18.6. The predicted octanol–water partition coefficient (Wildman–Crippen LogP) is 7.50. The van der Waals surface area contributed by atoms with Gasteiger partial charge in [0.15, 0.2) is 6.10 Å². The number of aliphatic hydroxyl groups is 4. The molecule has 0 aromatic carbocycles. The van der Waals surface area contributed by atoms with Crippen LogP contribution >= 0.6 is 15.6 Å². The molecule has 1 fully saturated rings. The Labute approximate surface area is 358 Å². The zero-order valence-electron chi connectivity index (χ0n) is 36.1. The largest absolute Gasteiger partial charge is 0.472 e. The van der Waals surface area contributed by atoms with E-state index in [-0.39, 0.29) is 24.7 Å². The van der Waals surface area contributed by atoms with Crippen molar-refractivity contribution in [3.05, 3.63) is 24.3 Å². The van der Waals surface area contributed by atoms with Crippen LogP contribution < -0.4 is 0 Å². The fourth-order valence-electron chi connectivity index (χ4n) is 6.97. The van der Waals surface area contributed by atoms with Crippen LogP contribution in [0, 0.1) is 11.8 Å². The summed E-state index contributed by atoms with van der Waals surface area (Å²) < 4.78 is 47.8. The Morgan fingerprint density at radius 2 is 1.22 bits per heavy atom. The van der Waals surface area contributed by atoms with Crippen molar-refractivity contribution in [2.45, 2.75) is 192 Å². The minimum atomic E-state index is -4.89. The molecule has 7 N–H and O–H groups in total. The molecular weight excluding hydrogens is 822 g/mol. The minimum absolute atomic E-state index is 0.0680. The Morgan fingerprint density at radius 3 is 1.87 bits per heavy atom. The van der Waals surface area contributed by atoms with Crippen LogP contribution in [-0.2, 0) is 41.8 Å². The molecule has 0 bridgehead atoms. The lowest BCUT2D eigenvalue weighted by molar-refractivity contribution is -0.161. The summed E-state index contributed by atoms with van der Waals surface area (Å²) in [5.41, 5.74) is 0. The maximum atomic E-state index is 12.7. The number of unbranched alkanes of at least 4 members (excludes halogenated alkanes) is 14. The van der Waals surface area contributed by atoms with E-state index in [1.165, 1.54) is 25.7 Å². The molecular formula is C42H78O16P2. The van der Waals surface area contributed by atoms with Gasteiger partial charge in [0, 0.05) is 25.2 Å². The Balaban J connectivity index is 2.54. The number of allylic oxidation sites excluding steroid dienone is 2. The van der Waals surface area contributed by atoms with Crippen molar-refractivity contribution in [3.8, 4) is 0 Å². The van der Waals surface area contributed by atoms with Gasteiger partial charge in [0.2, 0.25) is 0 Å². The van der Waals surface area contributed by atoms with Gasteiger partial charge in [-0.15, -0.1) is 0 Å². The number of esters is 2. The normalized spacial score (nSPS) is 21.0. The lowest BCUT2D eigenvalue weighted by Gasteiger charge is -2.21. The number of hydrogen-bond donors (Lipinski definition) is 7. The fourth-order valence-corrected chi connectivity index (χ4v) is 8.12. The molecule has 0 aromatic rings. The Morgan fingerprint density at radius 1 is 0.667 bits per heavy atom. The van der Waals surface area contributed by atoms with E-state index in [9.17, 15) is 44.0 Å². The van der Waals surface area contributed by atoms with Gasteiger partial charge in [-0.05, 0) is 57.3 Å². The van der Waals surface area contributed by atoms with E-state index < -0.39 is 84.5 Å². The first kappa shape index (κ1) is 56.5. The van der Waals surface area contributed by atoms with Crippen molar-refractivity contribution in [3.63, 3.8) is 0 Å². The maximum absolute atomic E-state index is 12.7. The number of carbonyl (C=O) groups excluding carboxylic acids is 2. The molecule has 0 aromatic heterocycles. The van der Waals surface area contributed by atoms with Gasteiger partial charge in [-0.25, -0.2) is 9.13 Å². The van der Waals surface area contributed by atoms with Gasteiger partial charge in [-0.1, -0.05) is 115 Å². The molecule has 1 saturated carbocycles. The third kappa shape index (κ3) is 30.5. The topological polar surface area (TPSA) is 256 Å². The number of ether oxygens (including phenoxy) is 2. The average molecular weight is 901 g/mol. The van der Waals surface area contributed by atoms with Crippen LogP contribution in [-0.4, -0.2) is 104 Å². The van der Waals surface area contributed by atoms with Gasteiger partial charge >= 0.3 is 27.6 Å². The molecule has 1 aliphatic rings. The molecule has 0 aliphatic heterocycles. The summed E-state index contributed by atoms with van der Waals surface area (Å²) in [6.45, 7) is 1.40. The molecule has 1 rings (SSSR count). The first-order valence-electron chi connectivity index (χ1n) is 22.3. The van der Waals surface area contributed by atoms with Crippen molar-refractivity contribution in [2.24, 2.45) is 11.8 Å². The van der Waals surface area contributed by atoms with Crippen molar-refractivity contribution in [1.82, 2.24) is 0 Å². The Bertz CT molecular complexity index is 1280. The van der Waals surface area contributed by atoms with Crippen molar-refractivity contribution < 1.29 is 76.9 Å². The monoisotopic (exact) mass is 900 g/mol. The third-order valence-corrected chi connectivity index (χ3v) is 11.8. The van der Waals surface area contributed by atoms with Crippen molar-refractivity contribution in [2.75, 3.05) is 26.4 Å². The molecule has 1 unspecified atom stereocenters. The molecule has 0 saturated heterocycles. The molecule has 8 atom stereocenters. The third-order valence-electron chi connectivity index (χ3n) is 10.4. The van der Waals surface area contributed by atoms with E-state index in [0.717, 1.165) is 70.6 Å². The summed E-state index contributed by atoms with van der Waals surface area (Å²) in [6, 6.07) is 0. The zero-order chi connectivity index (χ0) is 44.7. The van der Waals surface area contributed by atoms with Crippen LogP contribution in [0.3, 0.4) is 0 Å². The van der Waals surface area contributed by atoms with Crippen molar-refractivity contribution >= 4 is 27.6 Å². The van der Waals surface area contributed by atoms with E-state index >= 15 is 0 Å². The SMILES string of the molecule is CCCCCC/C=C\CCCCCCCC(=O)O[C@H](COC(=O)CCCCCC[C@@H]1[C@@H](/C=C/[C@@H](O)CCCCC)[C@H](O)C[C@@H]1O)COP(=O)(O)OC[C@@H](O)COP(=O)(O)O. The first-order chi connectivity index (χ1) is 28.6. The van der Waals surface area contributed by atoms with Gasteiger partial charge in [-0.2, -0.15) is 0 Å². The van der Waals surface area contributed by atoms with E-state index in [1.54, 1.807) is 6.08 Å². The molecule has 16 nitrogen and oxygen atoms in total. The lowest BCUT2D eigenvalue weighted by atomic mass is 9.88. The maximum Gasteiger partial charge on any atom is 0.472 e. The summed E-state index contributed by atoms with van der Waals surface area (Å²) in [5.74, 6) is -1.54. The minimum Gasteiger partial charge on any atom is -0.462 e. The van der Waals surface area contributed by atoms with E-state index in [0.29, 0.717) is 38.5 Å². The highest BCUT2D eigenvalue weighted by Crippen LogP contribution is 2.44. The molecule has 1 aliphatic carbocycles. The van der Waals surface area contributed by atoms with Gasteiger partial charge in [-0.3, -0.25) is 23.2 Å². The molecule has 0 amide bonds. The lowest BCUT2D eigenvalue weighted by Crippen LogP contribution is -2.30. The van der Waals surface area contributed by atoms with Crippen LogP contribution in [0.2, 0.25) is 0 Å². The number of hydrogen-bond acceptors (Lipinski definition) is 13. The van der Waals surface area contributed by atoms with E-state index in [2.05, 4.69) is 35.0 Å². The number of phosphoric ester groups is 2.